The van der Waals surface area contributed by atoms with Crippen LogP contribution in [0.5, 0.6) is 5.75 Å². The minimum atomic E-state index is -0.712. The average molecular weight is 461 g/mol. The summed E-state index contributed by atoms with van der Waals surface area (Å²) in [4.78, 5) is 30.7. The third kappa shape index (κ3) is 4.37. The monoisotopic (exact) mass is 460 g/mol. The van der Waals surface area contributed by atoms with Gasteiger partial charge in [-0.25, -0.2) is 9.78 Å². The zero-order valence-corrected chi connectivity index (χ0v) is 20.8. The van der Waals surface area contributed by atoms with Gasteiger partial charge in [0.1, 0.15) is 11.3 Å². The molecule has 0 saturated carbocycles. The van der Waals surface area contributed by atoms with Crippen LogP contribution in [-0.2, 0) is 29.4 Å². The summed E-state index contributed by atoms with van der Waals surface area (Å²) in [6.07, 6.45) is 4.50. The predicted molar refractivity (Wildman–Crippen MR) is 133 cm³/mol. The van der Waals surface area contributed by atoms with Crippen molar-refractivity contribution in [1.82, 2.24) is 9.55 Å². The highest BCUT2D eigenvalue weighted by atomic mass is 16.5. The van der Waals surface area contributed by atoms with Crippen LogP contribution in [0.15, 0.2) is 36.4 Å². The van der Waals surface area contributed by atoms with Gasteiger partial charge in [0.2, 0.25) is 0 Å². The lowest BCUT2D eigenvalue weighted by Crippen LogP contribution is -2.26. The molecule has 6 heteroatoms. The van der Waals surface area contributed by atoms with Gasteiger partial charge in [0, 0.05) is 12.6 Å². The van der Waals surface area contributed by atoms with Gasteiger partial charge < -0.3 is 14.0 Å². The van der Waals surface area contributed by atoms with Crippen LogP contribution in [0.2, 0.25) is 0 Å². The number of benzene rings is 2. The van der Waals surface area contributed by atoms with E-state index >= 15 is 0 Å². The maximum absolute atomic E-state index is 13.0. The Morgan fingerprint density at radius 2 is 1.91 bits per heavy atom. The summed E-state index contributed by atoms with van der Waals surface area (Å²) in [5.74, 6) is 0.292. The first-order valence-corrected chi connectivity index (χ1v) is 11.8. The number of imidazole rings is 1. The van der Waals surface area contributed by atoms with E-state index in [4.69, 9.17) is 9.47 Å². The summed E-state index contributed by atoms with van der Waals surface area (Å²) in [7, 11) is 1.88. The molecule has 1 aliphatic carbocycles. The predicted octanol–water partition coefficient (Wildman–Crippen LogP) is 5.58. The molecule has 1 aromatic heterocycles. The number of rotatable bonds is 5. The third-order valence-electron chi connectivity index (χ3n) is 6.34. The van der Waals surface area contributed by atoms with Gasteiger partial charge in [0.05, 0.1) is 23.1 Å². The van der Waals surface area contributed by atoms with E-state index in [9.17, 15) is 9.59 Å². The minimum absolute atomic E-state index is 0.256. The first-order chi connectivity index (χ1) is 16.1. The van der Waals surface area contributed by atoms with Crippen molar-refractivity contribution in [2.45, 2.75) is 53.9 Å². The number of aromatic nitrogens is 2. The van der Waals surface area contributed by atoms with Crippen molar-refractivity contribution in [2.75, 3.05) is 6.61 Å². The Morgan fingerprint density at radius 1 is 1.18 bits per heavy atom. The van der Waals surface area contributed by atoms with E-state index in [-0.39, 0.29) is 12.6 Å². The fourth-order valence-corrected chi connectivity index (χ4v) is 4.29. The van der Waals surface area contributed by atoms with Crippen LogP contribution in [0.25, 0.3) is 16.6 Å². The topological polar surface area (TPSA) is 70.4 Å². The molecule has 178 valence electrons. The van der Waals surface area contributed by atoms with Crippen molar-refractivity contribution in [2.24, 2.45) is 12.5 Å². The van der Waals surface area contributed by atoms with E-state index in [1.54, 1.807) is 13.0 Å². The Kier molecular flexibility index (Phi) is 6.34. The second kappa shape index (κ2) is 9.09. The summed E-state index contributed by atoms with van der Waals surface area (Å²) in [5, 5.41) is 0. The summed E-state index contributed by atoms with van der Waals surface area (Å²) < 4.78 is 13.3. The van der Waals surface area contributed by atoms with Gasteiger partial charge in [-0.2, -0.15) is 0 Å². The van der Waals surface area contributed by atoms with Gasteiger partial charge in [-0.05, 0) is 76.6 Å². The highest BCUT2D eigenvalue weighted by Gasteiger charge is 2.29. The molecule has 0 spiro atoms. The van der Waals surface area contributed by atoms with Crippen LogP contribution in [0.3, 0.4) is 0 Å². The number of carbonyl (C=O) groups excluding carboxylic acids is 2. The second-order valence-electron chi connectivity index (χ2n) is 9.77. The number of ether oxygens (including phenoxy) is 2. The maximum Gasteiger partial charge on any atom is 0.338 e. The van der Waals surface area contributed by atoms with E-state index in [0.717, 1.165) is 24.2 Å². The molecule has 34 heavy (non-hydrogen) atoms. The molecular weight excluding hydrogens is 428 g/mol. The van der Waals surface area contributed by atoms with Crippen molar-refractivity contribution in [1.29, 1.82) is 0 Å². The summed E-state index contributed by atoms with van der Waals surface area (Å²) >= 11 is 0. The molecule has 3 aromatic rings. The van der Waals surface area contributed by atoms with Crippen molar-refractivity contribution in [3.63, 3.8) is 0 Å². The van der Waals surface area contributed by atoms with Crippen molar-refractivity contribution >= 4 is 28.5 Å². The normalized spacial score (nSPS) is 14.5. The molecule has 6 nitrogen and oxygen atoms in total. The van der Waals surface area contributed by atoms with E-state index in [1.807, 2.05) is 45.4 Å². The zero-order valence-electron chi connectivity index (χ0n) is 20.8. The Morgan fingerprint density at radius 3 is 2.62 bits per heavy atom. The Balaban J connectivity index is 1.90. The third-order valence-corrected chi connectivity index (χ3v) is 6.34. The molecule has 0 bridgehead atoms. The van der Waals surface area contributed by atoms with Crippen molar-refractivity contribution in [3.8, 4) is 5.75 Å². The van der Waals surface area contributed by atoms with Crippen LogP contribution in [-0.4, -0.2) is 28.1 Å². The molecule has 0 fully saturated rings. The van der Waals surface area contributed by atoms with E-state index in [0.29, 0.717) is 28.8 Å². The van der Waals surface area contributed by atoms with Crippen LogP contribution in [0, 0.1) is 12.3 Å². The molecule has 1 aliphatic rings. The summed E-state index contributed by atoms with van der Waals surface area (Å²) in [6, 6.07) is 10.2. The molecule has 0 aliphatic heterocycles. The van der Waals surface area contributed by atoms with Gasteiger partial charge in [-0.3, -0.25) is 4.79 Å². The van der Waals surface area contributed by atoms with Gasteiger partial charge >= 0.3 is 11.9 Å². The van der Waals surface area contributed by atoms with Crippen LogP contribution in [0.4, 0.5) is 0 Å². The van der Waals surface area contributed by atoms with Crippen molar-refractivity contribution in [3.05, 3.63) is 64.5 Å². The lowest BCUT2D eigenvalue weighted by Gasteiger charge is -2.20. The van der Waals surface area contributed by atoms with Gasteiger partial charge in [0.25, 0.3) is 0 Å². The summed E-state index contributed by atoms with van der Waals surface area (Å²) in [6.45, 7) is 9.35. The number of aryl methyl sites for hydroxylation is 3. The van der Waals surface area contributed by atoms with Crippen LogP contribution >= 0.6 is 0 Å². The number of fused-ring (bicyclic) bond motifs is 2. The van der Waals surface area contributed by atoms with Crippen LogP contribution < -0.4 is 4.74 Å². The lowest BCUT2D eigenvalue weighted by molar-refractivity contribution is -0.142. The fraction of sp³-hybridized carbons (Fsp3) is 0.393. The van der Waals surface area contributed by atoms with Gasteiger partial charge in [-0.15, -0.1) is 0 Å². The largest absolute Gasteiger partial charge is 0.462 e. The molecule has 2 aromatic carbocycles. The molecule has 0 atom stereocenters. The van der Waals surface area contributed by atoms with E-state index in [1.165, 1.54) is 16.7 Å². The second-order valence-corrected chi connectivity index (χ2v) is 9.77. The molecule has 0 unspecified atom stereocenters. The van der Waals surface area contributed by atoms with Gasteiger partial charge in [0.15, 0.2) is 5.75 Å². The molecule has 1 heterocycles. The molecule has 0 N–H and O–H groups in total. The number of nitrogens with zero attached hydrogens (tertiary/aromatic N) is 2. The molecule has 0 radical (unpaired) electrons. The smallest absolute Gasteiger partial charge is 0.338 e. The Labute approximate surface area is 200 Å². The first-order valence-electron chi connectivity index (χ1n) is 11.8. The molecule has 0 saturated heterocycles. The first kappa shape index (κ1) is 23.7. The number of allylic oxidation sites excluding steroid dienone is 2. The summed E-state index contributed by atoms with van der Waals surface area (Å²) in [5.41, 5.74) is 5.41. The molecular formula is C28H32N2O4. The number of hydrogen-bond acceptors (Lipinski definition) is 5. The Hall–Kier alpha value is -3.41. The highest BCUT2D eigenvalue weighted by molar-refractivity contribution is 6.00. The highest BCUT2D eigenvalue weighted by Crippen LogP contribution is 2.37. The Bertz CT molecular complexity index is 1310. The zero-order chi connectivity index (χ0) is 24.6. The molecule has 0 amide bonds. The fourth-order valence-electron chi connectivity index (χ4n) is 4.29. The quantitative estimate of drug-likeness (QED) is 0.367. The number of hydrogen-bond donors (Lipinski definition) is 0. The minimum Gasteiger partial charge on any atom is -0.462 e. The van der Waals surface area contributed by atoms with E-state index in [2.05, 4.69) is 29.3 Å². The standard InChI is InChI=1S/C28H32N2O4/c1-7-33-26(31)22-16-23-24(29-17(2)30(23)6)25(34-27(32)28(3,4)5)21(22)15-14-19-13-12-18-10-8-9-11-20(18)19/h8-11,14,16H,7,12-13,15H2,1-6H3. The van der Waals surface area contributed by atoms with Crippen molar-refractivity contribution < 1.29 is 19.1 Å². The SMILES string of the molecule is CCOC(=O)c1cc2c(nc(C)n2C)c(OC(=O)C(C)(C)C)c1CC=C1CCc2ccccc21. The number of carbonyl (C=O) groups is 2. The van der Waals surface area contributed by atoms with Crippen LogP contribution in [0.1, 0.15) is 67.0 Å². The maximum atomic E-state index is 13.0. The van der Waals surface area contributed by atoms with E-state index < -0.39 is 11.4 Å². The lowest BCUT2D eigenvalue weighted by atomic mass is 9.96. The average Bonchev–Trinajstić information content (AvgIpc) is 3.33. The van der Waals surface area contributed by atoms with Gasteiger partial charge in [-0.1, -0.05) is 30.3 Å². The molecule has 4 rings (SSSR count). The number of esters is 2.